The van der Waals surface area contributed by atoms with Crippen molar-refractivity contribution in [3.05, 3.63) is 86.7 Å². The van der Waals surface area contributed by atoms with Gasteiger partial charge in [0.25, 0.3) is 11.8 Å². The SMILES string of the molecule is COC(=O)c1ccc(-n2c(C)cc(/C=C3/C(=O)NC(=O)N(c4ccc(Br)cc4C)C3=O)c2C)cc1. The second kappa shape index (κ2) is 9.34. The third-order valence-corrected chi connectivity index (χ3v) is 6.31. The van der Waals surface area contributed by atoms with Gasteiger partial charge >= 0.3 is 12.0 Å². The number of barbiturate groups is 1. The second-order valence-electron chi connectivity index (χ2n) is 8.09. The van der Waals surface area contributed by atoms with Gasteiger partial charge in [0, 0.05) is 21.5 Å². The summed E-state index contributed by atoms with van der Waals surface area (Å²) in [7, 11) is 1.33. The summed E-state index contributed by atoms with van der Waals surface area (Å²) in [6.07, 6.45) is 1.49. The predicted molar refractivity (Wildman–Crippen MR) is 134 cm³/mol. The number of imide groups is 2. The van der Waals surface area contributed by atoms with Gasteiger partial charge in [0.2, 0.25) is 0 Å². The summed E-state index contributed by atoms with van der Waals surface area (Å²) < 4.78 is 7.50. The van der Waals surface area contributed by atoms with Gasteiger partial charge in [-0.2, -0.15) is 0 Å². The van der Waals surface area contributed by atoms with Crippen molar-refractivity contribution < 1.29 is 23.9 Å². The van der Waals surface area contributed by atoms with Crippen LogP contribution in [-0.2, 0) is 14.3 Å². The topological polar surface area (TPSA) is 97.7 Å². The molecule has 1 aromatic heterocycles. The molecular weight excluding hydrogens is 514 g/mol. The first-order valence-corrected chi connectivity index (χ1v) is 11.5. The van der Waals surface area contributed by atoms with Gasteiger partial charge in [-0.05, 0) is 86.5 Å². The number of hydrogen-bond donors (Lipinski definition) is 1. The van der Waals surface area contributed by atoms with Gasteiger partial charge in [-0.25, -0.2) is 14.5 Å². The maximum absolute atomic E-state index is 13.3. The van der Waals surface area contributed by atoms with Crippen molar-refractivity contribution in [2.75, 3.05) is 12.0 Å². The van der Waals surface area contributed by atoms with Gasteiger partial charge in [0.05, 0.1) is 18.4 Å². The van der Waals surface area contributed by atoms with Crippen molar-refractivity contribution in [1.82, 2.24) is 9.88 Å². The van der Waals surface area contributed by atoms with Gasteiger partial charge in [-0.15, -0.1) is 0 Å². The Balaban J connectivity index is 1.73. The molecule has 0 bridgehead atoms. The molecule has 1 aliphatic heterocycles. The van der Waals surface area contributed by atoms with Crippen LogP contribution in [0.2, 0.25) is 0 Å². The number of halogens is 1. The molecule has 3 aromatic rings. The lowest BCUT2D eigenvalue weighted by Gasteiger charge is -2.27. The monoisotopic (exact) mass is 535 g/mol. The van der Waals surface area contributed by atoms with Crippen LogP contribution in [0.1, 0.15) is 32.9 Å². The van der Waals surface area contributed by atoms with Crippen LogP contribution in [0.15, 0.2) is 58.6 Å². The first kappa shape index (κ1) is 24.2. The molecule has 4 rings (SSSR count). The van der Waals surface area contributed by atoms with Crippen molar-refractivity contribution in [2.24, 2.45) is 0 Å². The number of carbonyl (C=O) groups is 4. The zero-order valence-electron chi connectivity index (χ0n) is 19.5. The Bertz CT molecular complexity index is 1420. The largest absolute Gasteiger partial charge is 0.465 e. The van der Waals surface area contributed by atoms with Crippen LogP contribution in [0, 0.1) is 20.8 Å². The van der Waals surface area contributed by atoms with E-state index in [0.717, 1.165) is 26.4 Å². The number of methoxy groups -OCH3 is 1. The first-order valence-electron chi connectivity index (χ1n) is 10.7. The second-order valence-corrected chi connectivity index (χ2v) is 9.00. The maximum Gasteiger partial charge on any atom is 0.337 e. The normalized spacial score (nSPS) is 14.9. The Labute approximate surface area is 210 Å². The van der Waals surface area contributed by atoms with E-state index in [9.17, 15) is 19.2 Å². The molecule has 0 spiro atoms. The Kier molecular flexibility index (Phi) is 6.45. The molecule has 0 radical (unpaired) electrons. The molecule has 0 atom stereocenters. The number of nitrogens with one attached hydrogen (secondary N) is 1. The number of benzene rings is 2. The maximum atomic E-state index is 13.3. The number of ether oxygens (including phenoxy) is 1. The van der Waals surface area contributed by atoms with Crippen molar-refractivity contribution in [2.45, 2.75) is 20.8 Å². The third kappa shape index (κ3) is 4.42. The summed E-state index contributed by atoms with van der Waals surface area (Å²) >= 11 is 3.37. The van der Waals surface area contributed by atoms with Crippen LogP contribution in [0.3, 0.4) is 0 Å². The number of carbonyl (C=O) groups excluding carboxylic acids is 4. The summed E-state index contributed by atoms with van der Waals surface area (Å²) in [5.41, 5.74) is 4.48. The van der Waals surface area contributed by atoms with Gasteiger partial charge < -0.3 is 9.30 Å². The number of urea groups is 1. The van der Waals surface area contributed by atoms with Crippen LogP contribution >= 0.6 is 15.9 Å². The molecule has 4 amide bonds. The molecule has 9 heteroatoms. The number of aromatic nitrogens is 1. The van der Waals surface area contributed by atoms with E-state index in [1.807, 2.05) is 24.5 Å². The van der Waals surface area contributed by atoms with E-state index in [1.165, 1.54) is 13.2 Å². The van der Waals surface area contributed by atoms with Crippen LogP contribution in [-0.4, -0.2) is 35.5 Å². The number of anilines is 1. The molecule has 1 aliphatic rings. The van der Waals surface area contributed by atoms with Crippen molar-refractivity contribution >= 4 is 51.5 Å². The zero-order chi connectivity index (χ0) is 25.4. The predicted octanol–water partition coefficient (Wildman–Crippen LogP) is 4.62. The van der Waals surface area contributed by atoms with Crippen LogP contribution in [0.4, 0.5) is 10.5 Å². The lowest BCUT2D eigenvalue weighted by Crippen LogP contribution is -2.54. The Hall–Kier alpha value is -3.98. The van der Waals surface area contributed by atoms with Gasteiger partial charge in [-0.3, -0.25) is 14.9 Å². The summed E-state index contributed by atoms with van der Waals surface area (Å²) in [6, 6.07) is 13.1. The third-order valence-electron chi connectivity index (χ3n) is 5.82. The number of aryl methyl sites for hydroxylation is 2. The molecule has 0 saturated carbocycles. The highest BCUT2D eigenvalue weighted by Crippen LogP contribution is 2.29. The highest BCUT2D eigenvalue weighted by atomic mass is 79.9. The number of esters is 1. The molecule has 0 unspecified atom stereocenters. The minimum Gasteiger partial charge on any atom is -0.465 e. The molecule has 2 heterocycles. The quantitative estimate of drug-likeness (QED) is 0.298. The van der Waals surface area contributed by atoms with E-state index >= 15 is 0 Å². The highest BCUT2D eigenvalue weighted by Gasteiger charge is 2.37. The lowest BCUT2D eigenvalue weighted by atomic mass is 10.1. The van der Waals surface area contributed by atoms with E-state index in [0.29, 0.717) is 22.4 Å². The Morgan fingerprint density at radius 1 is 1.00 bits per heavy atom. The van der Waals surface area contributed by atoms with E-state index in [-0.39, 0.29) is 5.57 Å². The molecule has 0 aliphatic carbocycles. The van der Waals surface area contributed by atoms with Gasteiger partial charge in [0.15, 0.2) is 0 Å². The van der Waals surface area contributed by atoms with E-state index in [2.05, 4.69) is 21.2 Å². The standard InChI is InChI=1S/C26H22BrN3O5/c1-14-11-19(27)7-10-22(14)30-24(32)21(23(31)28-26(30)34)13-18-12-15(2)29(16(18)3)20-8-5-17(6-9-20)25(33)35-4/h5-13H,1-4H3,(H,28,31,34)/b21-13-. The number of rotatable bonds is 4. The van der Waals surface area contributed by atoms with E-state index in [1.54, 1.807) is 49.4 Å². The lowest BCUT2D eigenvalue weighted by molar-refractivity contribution is -0.122. The summed E-state index contributed by atoms with van der Waals surface area (Å²) in [5, 5.41) is 2.26. The van der Waals surface area contributed by atoms with Crippen LogP contribution < -0.4 is 10.2 Å². The molecule has 35 heavy (non-hydrogen) atoms. The summed E-state index contributed by atoms with van der Waals surface area (Å²) in [6.45, 7) is 5.53. The number of hydrogen-bond acceptors (Lipinski definition) is 5. The molecule has 1 N–H and O–H groups in total. The molecule has 1 saturated heterocycles. The fourth-order valence-electron chi connectivity index (χ4n) is 4.10. The van der Waals surface area contributed by atoms with Gasteiger partial charge in [-0.1, -0.05) is 15.9 Å². The highest BCUT2D eigenvalue weighted by molar-refractivity contribution is 9.10. The van der Waals surface area contributed by atoms with Gasteiger partial charge in [0.1, 0.15) is 5.57 Å². The minimum atomic E-state index is -0.793. The average molecular weight is 536 g/mol. The molecular formula is C26H22BrN3O5. The minimum absolute atomic E-state index is 0.145. The average Bonchev–Trinajstić information content (AvgIpc) is 3.10. The zero-order valence-corrected chi connectivity index (χ0v) is 21.1. The van der Waals surface area contributed by atoms with Crippen molar-refractivity contribution in [3.63, 3.8) is 0 Å². The van der Waals surface area contributed by atoms with Crippen LogP contribution in [0.5, 0.6) is 0 Å². The molecule has 2 aromatic carbocycles. The fraction of sp³-hybridized carbons (Fsp3) is 0.154. The summed E-state index contributed by atoms with van der Waals surface area (Å²) in [4.78, 5) is 51.2. The number of amides is 4. The van der Waals surface area contributed by atoms with Crippen molar-refractivity contribution in [1.29, 1.82) is 0 Å². The number of nitrogens with zero attached hydrogens (tertiary/aromatic N) is 2. The van der Waals surface area contributed by atoms with Crippen LogP contribution in [0.25, 0.3) is 11.8 Å². The van der Waals surface area contributed by atoms with E-state index in [4.69, 9.17) is 4.74 Å². The fourth-order valence-corrected chi connectivity index (χ4v) is 4.57. The Morgan fingerprint density at radius 2 is 1.69 bits per heavy atom. The Morgan fingerprint density at radius 3 is 2.31 bits per heavy atom. The van der Waals surface area contributed by atoms with Crippen molar-refractivity contribution in [3.8, 4) is 5.69 Å². The smallest absolute Gasteiger partial charge is 0.337 e. The molecule has 178 valence electrons. The first-order chi connectivity index (χ1) is 16.6. The molecule has 8 nitrogen and oxygen atoms in total. The summed E-state index contributed by atoms with van der Waals surface area (Å²) in [5.74, 6) is -1.88. The van der Waals surface area contributed by atoms with E-state index < -0.39 is 23.8 Å². The molecule has 1 fully saturated rings.